The van der Waals surface area contributed by atoms with Gasteiger partial charge >= 0.3 is 0 Å². The second kappa shape index (κ2) is 9.27. The molecular weight excluding hydrogens is 306 g/mol. The summed E-state index contributed by atoms with van der Waals surface area (Å²) >= 11 is 0. The summed E-state index contributed by atoms with van der Waals surface area (Å²) in [5.74, 6) is 0.907. The number of methoxy groups -OCH3 is 1. The second-order valence-electron chi connectivity index (χ2n) is 6.52. The van der Waals surface area contributed by atoms with Crippen molar-refractivity contribution in [3.05, 3.63) is 29.8 Å². The lowest BCUT2D eigenvalue weighted by molar-refractivity contribution is -0.130. The van der Waals surface area contributed by atoms with E-state index in [9.17, 15) is 9.59 Å². The third kappa shape index (κ3) is 6.20. The fourth-order valence-corrected chi connectivity index (χ4v) is 2.34. The number of nitrogens with one attached hydrogen (secondary N) is 1. The lowest BCUT2D eigenvalue weighted by Crippen LogP contribution is -2.42. The Labute approximate surface area is 144 Å². The molecule has 6 heteroatoms. The summed E-state index contributed by atoms with van der Waals surface area (Å²) in [7, 11) is 6.80. The van der Waals surface area contributed by atoms with Crippen LogP contribution in [-0.2, 0) is 9.59 Å². The third-order valence-corrected chi connectivity index (χ3v) is 3.78. The van der Waals surface area contributed by atoms with Crippen molar-refractivity contribution >= 4 is 11.8 Å². The number of hydrogen-bond donors (Lipinski definition) is 1. The topological polar surface area (TPSA) is 61.9 Å². The average molecular weight is 335 g/mol. The van der Waals surface area contributed by atoms with E-state index in [0.29, 0.717) is 0 Å². The zero-order valence-electron chi connectivity index (χ0n) is 15.5. The molecule has 134 valence electrons. The maximum absolute atomic E-state index is 12.3. The van der Waals surface area contributed by atoms with Gasteiger partial charge in [0.25, 0.3) is 0 Å². The number of likely N-dealkylation sites (N-methyl/N-ethyl adjacent to an activating group) is 2. The van der Waals surface area contributed by atoms with Crippen molar-refractivity contribution in [1.82, 2.24) is 15.1 Å². The van der Waals surface area contributed by atoms with Crippen LogP contribution < -0.4 is 10.1 Å². The van der Waals surface area contributed by atoms with Crippen LogP contribution in [0, 0.1) is 5.92 Å². The molecule has 1 rings (SSSR count). The quantitative estimate of drug-likeness (QED) is 0.783. The van der Waals surface area contributed by atoms with Gasteiger partial charge < -0.3 is 15.0 Å². The fraction of sp³-hybridized carbons (Fsp3) is 0.556. The Morgan fingerprint density at radius 2 is 1.67 bits per heavy atom. The van der Waals surface area contributed by atoms with Crippen LogP contribution in [0.3, 0.4) is 0 Å². The van der Waals surface area contributed by atoms with Gasteiger partial charge in [0.2, 0.25) is 11.8 Å². The molecule has 1 unspecified atom stereocenters. The number of nitrogens with zero attached hydrogens (tertiary/aromatic N) is 2. The Morgan fingerprint density at radius 1 is 1.08 bits per heavy atom. The summed E-state index contributed by atoms with van der Waals surface area (Å²) in [5.41, 5.74) is 1.03. The van der Waals surface area contributed by atoms with Gasteiger partial charge in [-0.2, -0.15) is 0 Å². The Balaban J connectivity index is 2.67. The van der Waals surface area contributed by atoms with Crippen LogP contribution in [0.1, 0.15) is 25.5 Å². The summed E-state index contributed by atoms with van der Waals surface area (Å²) in [4.78, 5) is 27.2. The van der Waals surface area contributed by atoms with Crippen LogP contribution >= 0.6 is 0 Å². The fourth-order valence-electron chi connectivity index (χ4n) is 2.34. The maximum atomic E-state index is 12.3. The van der Waals surface area contributed by atoms with Crippen molar-refractivity contribution in [3.8, 4) is 5.75 Å². The first kappa shape index (κ1) is 20.0. The summed E-state index contributed by atoms with van der Waals surface area (Å²) in [6.07, 6.45) is 0. The minimum atomic E-state index is -0.0985. The molecule has 0 aliphatic carbocycles. The van der Waals surface area contributed by atoms with E-state index >= 15 is 0 Å². The van der Waals surface area contributed by atoms with E-state index in [4.69, 9.17) is 4.74 Å². The van der Waals surface area contributed by atoms with Crippen LogP contribution in [0.15, 0.2) is 24.3 Å². The van der Waals surface area contributed by atoms with Crippen LogP contribution in [0.4, 0.5) is 0 Å². The standard InChI is InChI=1S/C18H29N3O3/c1-13(2)18(14-7-9-15(24-6)10-8-14)19-16(22)11-21(5)12-17(23)20(3)4/h7-10,13,18H,11-12H2,1-6H3,(H,19,22). The molecule has 1 aromatic carbocycles. The highest BCUT2D eigenvalue weighted by Gasteiger charge is 2.20. The normalized spacial score (nSPS) is 12.2. The number of amides is 2. The van der Waals surface area contributed by atoms with Crippen LogP contribution in [-0.4, -0.2) is 63.0 Å². The first-order valence-corrected chi connectivity index (χ1v) is 8.06. The van der Waals surface area contributed by atoms with Gasteiger partial charge in [-0.3, -0.25) is 14.5 Å². The number of hydrogen-bond acceptors (Lipinski definition) is 4. The molecule has 0 bridgehead atoms. The highest BCUT2D eigenvalue weighted by molar-refractivity contribution is 5.81. The largest absolute Gasteiger partial charge is 0.497 e. The van der Waals surface area contributed by atoms with Gasteiger partial charge in [0.15, 0.2) is 0 Å². The van der Waals surface area contributed by atoms with Gasteiger partial charge in [0, 0.05) is 14.1 Å². The Hall–Kier alpha value is -2.08. The molecule has 1 N–H and O–H groups in total. The smallest absolute Gasteiger partial charge is 0.236 e. The van der Waals surface area contributed by atoms with Gasteiger partial charge in [-0.15, -0.1) is 0 Å². The number of benzene rings is 1. The summed E-state index contributed by atoms with van der Waals surface area (Å²) in [6, 6.07) is 7.62. The predicted molar refractivity (Wildman–Crippen MR) is 94.9 cm³/mol. The first-order chi connectivity index (χ1) is 11.2. The van der Waals surface area contributed by atoms with E-state index in [0.717, 1.165) is 11.3 Å². The van der Waals surface area contributed by atoms with E-state index in [1.54, 1.807) is 33.2 Å². The lowest BCUT2D eigenvalue weighted by Gasteiger charge is -2.25. The minimum Gasteiger partial charge on any atom is -0.497 e. The minimum absolute atomic E-state index is 0.0270. The zero-order valence-corrected chi connectivity index (χ0v) is 15.5. The molecule has 0 aliphatic heterocycles. The Bertz CT molecular complexity index is 541. The number of carbonyl (C=O) groups excluding carboxylic acids is 2. The van der Waals surface area contributed by atoms with Crippen LogP contribution in [0.2, 0.25) is 0 Å². The van der Waals surface area contributed by atoms with E-state index in [-0.39, 0.29) is 36.9 Å². The molecule has 0 aliphatic rings. The van der Waals surface area contributed by atoms with Gasteiger partial charge in [0.05, 0.1) is 26.2 Å². The maximum Gasteiger partial charge on any atom is 0.236 e. The molecule has 0 heterocycles. The van der Waals surface area contributed by atoms with Gasteiger partial charge in [-0.05, 0) is 30.7 Å². The summed E-state index contributed by atoms with van der Waals surface area (Å²) in [5, 5.41) is 3.06. The molecular formula is C18H29N3O3. The van der Waals surface area contributed by atoms with Gasteiger partial charge in [-0.1, -0.05) is 26.0 Å². The molecule has 0 spiro atoms. The van der Waals surface area contributed by atoms with E-state index in [1.807, 2.05) is 24.3 Å². The molecule has 24 heavy (non-hydrogen) atoms. The predicted octanol–water partition coefficient (Wildman–Crippen LogP) is 1.53. The molecule has 0 saturated heterocycles. The monoisotopic (exact) mass is 335 g/mol. The number of rotatable bonds is 8. The Morgan fingerprint density at radius 3 is 2.12 bits per heavy atom. The average Bonchev–Trinajstić information content (AvgIpc) is 2.52. The van der Waals surface area contributed by atoms with Crippen LogP contribution in [0.5, 0.6) is 5.75 Å². The summed E-state index contributed by atoms with van der Waals surface area (Å²) in [6.45, 7) is 4.52. The molecule has 0 radical (unpaired) electrons. The molecule has 2 amide bonds. The lowest BCUT2D eigenvalue weighted by atomic mass is 9.96. The molecule has 6 nitrogen and oxygen atoms in total. The SMILES string of the molecule is COc1ccc(C(NC(=O)CN(C)CC(=O)N(C)C)C(C)C)cc1. The zero-order chi connectivity index (χ0) is 18.3. The van der Waals surface area contributed by atoms with Gasteiger partial charge in [-0.25, -0.2) is 0 Å². The van der Waals surface area contributed by atoms with Crippen molar-refractivity contribution in [1.29, 1.82) is 0 Å². The van der Waals surface area contributed by atoms with Crippen molar-refractivity contribution in [2.45, 2.75) is 19.9 Å². The van der Waals surface area contributed by atoms with Crippen molar-refractivity contribution < 1.29 is 14.3 Å². The molecule has 0 fully saturated rings. The van der Waals surface area contributed by atoms with E-state index in [2.05, 4.69) is 19.2 Å². The van der Waals surface area contributed by atoms with Crippen molar-refractivity contribution in [2.75, 3.05) is 41.3 Å². The highest BCUT2D eigenvalue weighted by Crippen LogP contribution is 2.23. The second-order valence-corrected chi connectivity index (χ2v) is 6.52. The van der Waals surface area contributed by atoms with Crippen molar-refractivity contribution in [3.63, 3.8) is 0 Å². The van der Waals surface area contributed by atoms with Gasteiger partial charge in [0.1, 0.15) is 5.75 Å². The molecule has 0 aromatic heterocycles. The van der Waals surface area contributed by atoms with Crippen molar-refractivity contribution in [2.24, 2.45) is 5.92 Å². The Kier molecular flexibility index (Phi) is 7.71. The summed E-state index contributed by atoms with van der Waals surface area (Å²) < 4.78 is 5.17. The van der Waals surface area contributed by atoms with E-state index in [1.165, 1.54) is 4.90 Å². The molecule has 0 saturated carbocycles. The van der Waals surface area contributed by atoms with E-state index < -0.39 is 0 Å². The third-order valence-electron chi connectivity index (χ3n) is 3.78. The molecule has 1 aromatic rings. The molecule has 1 atom stereocenters. The first-order valence-electron chi connectivity index (χ1n) is 8.06. The number of carbonyl (C=O) groups is 2. The van der Waals surface area contributed by atoms with Crippen LogP contribution in [0.25, 0.3) is 0 Å². The highest BCUT2D eigenvalue weighted by atomic mass is 16.5. The number of ether oxygens (including phenoxy) is 1.